The van der Waals surface area contributed by atoms with Gasteiger partial charge in [-0.05, 0) is 71.8 Å². The molecule has 0 saturated carbocycles. The maximum Gasteiger partial charge on any atom is 0.333 e. The Morgan fingerprint density at radius 3 is 2.26 bits per heavy atom. The number of benzene rings is 6. The van der Waals surface area contributed by atoms with Crippen molar-refractivity contribution in [2.75, 3.05) is 4.81 Å². The van der Waals surface area contributed by atoms with Crippen LogP contribution in [0.3, 0.4) is 0 Å². The molecule has 3 nitrogen and oxygen atoms in total. The molecule has 0 fully saturated rings. The Labute approximate surface area is 243 Å². The molecule has 0 spiro atoms. The minimum atomic E-state index is 0.0199. The van der Waals surface area contributed by atoms with E-state index in [1.54, 1.807) is 0 Å². The smallest absolute Gasteiger partial charge is 0.333 e. The molecule has 0 atom stereocenters. The van der Waals surface area contributed by atoms with Gasteiger partial charge >= 0.3 is 6.85 Å². The van der Waals surface area contributed by atoms with E-state index >= 15 is 0 Å². The number of hydrogen-bond donors (Lipinski definition) is 0. The normalized spacial score (nSPS) is 13.4. The molecule has 0 N–H and O–H groups in total. The number of aromatic nitrogens is 1. The minimum absolute atomic E-state index is 0.0199. The van der Waals surface area contributed by atoms with E-state index in [-0.39, 0.29) is 6.85 Å². The summed E-state index contributed by atoms with van der Waals surface area (Å²) in [5, 5.41) is 4.92. The summed E-state index contributed by atoms with van der Waals surface area (Å²) in [5.74, 6) is 0. The molecule has 0 saturated heterocycles. The van der Waals surface area contributed by atoms with Crippen molar-refractivity contribution in [3.05, 3.63) is 126 Å². The van der Waals surface area contributed by atoms with Crippen LogP contribution < -0.4 is 15.7 Å². The third-order valence-corrected chi connectivity index (χ3v) is 9.52. The van der Waals surface area contributed by atoms with Gasteiger partial charge in [-0.1, -0.05) is 78.9 Å². The number of anilines is 2. The molecule has 4 heteroatoms. The summed E-state index contributed by atoms with van der Waals surface area (Å²) >= 11 is 0. The van der Waals surface area contributed by atoms with Crippen molar-refractivity contribution in [3.8, 4) is 16.8 Å². The number of furan rings is 1. The average molecular weight is 536 g/mol. The van der Waals surface area contributed by atoms with Crippen molar-refractivity contribution in [1.29, 1.82) is 0 Å². The van der Waals surface area contributed by atoms with Gasteiger partial charge in [0.25, 0.3) is 0 Å². The largest absolute Gasteiger partial charge is 0.456 e. The van der Waals surface area contributed by atoms with Crippen LogP contribution in [0, 0.1) is 13.8 Å². The topological polar surface area (TPSA) is 21.3 Å². The van der Waals surface area contributed by atoms with Crippen molar-refractivity contribution >= 4 is 72.9 Å². The summed E-state index contributed by atoms with van der Waals surface area (Å²) in [6.45, 7) is 4.47. The number of aryl methyl sites for hydroxylation is 2. The zero-order valence-corrected chi connectivity index (χ0v) is 23.3. The third kappa shape index (κ3) is 2.68. The highest BCUT2D eigenvalue weighted by Crippen LogP contribution is 2.47. The van der Waals surface area contributed by atoms with Crippen LogP contribution in [0.5, 0.6) is 0 Å². The van der Waals surface area contributed by atoms with Crippen molar-refractivity contribution in [2.45, 2.75) is 13.8 Å². The predicted octanol–water partition coefficient (Wildman–Crippen LogP) is 8.54. The van der Waals surface area contributed by atoms with Gasteiger partial charge in [-0.25, -0.2) is 0 Å². The zero-order chi connectivity index (χ0) is 27.7. The third-order valence-electron chi connectivity index (χ3n) is 9.52. The van der Waals surface area contributed by atoms with Crippen LogP contribution in [0.4, 0.5) is 11.4 Å². The minimum Gasteiger partial charge on any atom is -0.456 e. The first kappa shape index (κ1) is 22.5. The quantitative estimate of drug-likeness (QED) is 0.196. The van der Waals surface area contributed by atoms with E-state index in [1.165, 1.54) is 72.0 Å². The number of rotatable bonds is 1. The Balaban J connectivity index is 1.43. The lowest BCUT2D eigenvalue weighted by Gasteiger charge is -2.42. The highest BCUT2D eigenvalue weighted by atomic mass is 16.3. The van der Waals surface area contributed by atoms with Gasteiger partial charge in [0.05, 0.1) is 11.0 Å². The highest BCUT2D eigenvalue weighted by Gasteiger charge is 2.44. The summed E-state index contributed by atoms with van der Waals surface area (Å²) in [6.07, 6.45) is 0. The molecule has 8 aromatic rings. The number of hydrogen-bond acceptors (Lipinski definition) is 2. The molecular formula is C38H25BN2O. The number of para-hydroxylation sites is 4. The van der Waals surface area contributed by atoms with Gasteiger partial charge in [-0.3, -0.25) is 0 Å². The molecule has 6 aromatic carbocycles. The fourth-order valence-electron chi connectivity index (χ4n) is 7.83. The van der Waals surface area contributed by atoms with Gasteiger partial charge < -0.3 is 13.8 Å². The van der Waals surface area contributed by atoms with Crippen molar-refractivity contribution in [3.63, 3.8) is 0 Å². The van der Waals surface area contributed by atoms with Crippen molar-refractivity contribution in [1.82, 2.24) is 4.57 Å². The van der Waals surface area contributed by atoms with E-state index in [4.69, 9.17) is 4.42 Å². The Kier molecular flexibility index (Phi) is 4.14. The summed E-state index contributed by atoms with van der Waals surface area (Å²) < 4.78 is 9.00. The summed E-state index contributed by atoms with van der Waals surface area (Å²) in [4.78, 5) is 2.58. The van der Waals surface area contributed by atoms with Crippen molar-refractivity contribution in [2.24, 2.45) is 0 Å². The van der Waals surface area contributed by atoms with Crippen LogP contribution in [0.1, 0.15) is 11.1 Å². The zero-order valence-electron chi connectivity index (χ0n) is 23.3. The van der Waals surface area contributed by atoms with Gasteiger partial charge in [0, 0.05) is 50.2 Å². The predicted molar refractivity (Wildman–Crippen MR) is 177 cm³/mol. The molecule has 0 aliphatic carbocycles. The fourth-order valence-corrected chi connectivity index (χ4v) is 7.83. The highest BCUT2D eigenvalue weighted by molar-refractivity contribution is 6.93. The molecule has 42 heavy (non-hydrogen) atoms. The van der Waals surface area contributed by atoms with Gasteiger partial charge in [-0.2, -0.15) is 0 Å². The standard InChI is InChI=1S/C38H25BN2O/c1-22-18-29-27-20-28-25-12-5-8-17-35(25)42-36(28)21-33(27)41(31-15-6-3-10-23(31)2)39-30-14-9-13-26-24-11-4-7-16-32(24)40(38(26)30)34(19-22)37(29)39/h3-21H,1-2H3. The SMILES string of the molecule is Cc1cc2c3c(c1)-n1c4ccccc4c4cccc(c41)B3N(c1ccccc1C)c1cc3oc4ccccc4c3cc1-2. The summed E-state index contributed by atoms with van der Waals surface area (Å²) in [7, 11) is 0. The van der Waals surface area contributed by atoms with Gasteiger partial charge in [0.15, 0.2) is 0 Å². The maximum absolute atomic E-state index is 6.47. The van der Waals surface area contributed by atoms with Crippen LogP contribution in [-0.4, -0.2) is 11.4 Å². The molecule has 0 unspecified atom stereocenters. The van der Waals surface area contributed by atoms with Gasteiger partial charge in [0.1, 0.15) is 11.2 Å². The molecule has 4 heterocycles. The van der Waals surface area contributed by atoms with Crippen molar-refractivity contribution < 1.29 is 4.42 Å². The Morgan fingerprint density at radius 2 is 1.36 bits per heavy atom. The lowest BCUT2D eigenvalue weighted by Crippen LogP contribution is -2.60. The molecule has 0 bridgehead atoms. The number of nitrogens with zero attached hydrogens (tertiary/aromatic N) is 2. The van der Waals surface area contributed by atoms with E-state index < -0.39 is 0 Å². The summed E-state index contributed by atoms with van der Waals surface area (Å²) in [5.41, 5.74) is 15.9. The molecular weight excluding hydrogens is 511 g/mol. The lowest BCUT2D eigenvalue weighted by molar-refractivity contribution is 0.669. The molecule has 2 aliphatic heterocycles. The van der Waals surface area contributed by atoms with Crippen LogP contribution in [0.15, 0.2) is 120 Å². The van der Waals surface area contributed by atoms with E-state index in [0.29, 0.717) is 0 Å². The van der Waals surface area contributed by atoms with E-state index in [9.17, 15) is 0 Å². The Hall–Kier alpha value is -5.22. The number of fused-ring (bicyclic) bond motifs is 10. The Morgan fingerprint density at radius 1 is 0.571 bits per heavy atom. The Bertz CT molecular complexity index is 2460. The second kappa shape index (κ2) is 7.74. The first-order chi connectivity index (χ1) is 20.7. The molecule has 2 aromatic heterocycles. The molecule has 0 radical (unpaired) electrons. The van der Waals surface area contributed by atoms with E-state index in [1.807, 2.05) is 6.07 Å². The van der Waals surface area contributed by atoms with E-state index in [0.717, 1.165) is 21.9 Å². The van der Waals surface area contributed by atoms with Crippen LogP contribution >= 0.6 is 0 Å². The second-order valence-corrected chi connectivity index (χ2v) is 11.9. The average Bonchev–Trinajstić information content (AvgIpc) is 3.55. The monoisotopic (exact) mass is 536 g/mol. The molecule has 196 valence electrons. The fraction of sp³-hybridized carbons (Fsp3) is 0.0526. The first-order valence-electron chi connectivity index (χ1n) is 14.6. The summed E-state index contributed by atoms with van der Waals surface area (Å²) in [6, 6.07) is 42.3. The van der Waals surface area contributed by atoms with Crippen LogP contribution in [0.2, 0.25) is 0 Å². The van der Waals surface area contributed by atoms with Crippen LogP contribution in [0.25, 0.3) is 60.6 Å². The van der Waals surface area contributed by atoms with E-state index in [2.05, 4.69) is 132 Å². The second-order valence-electron chi connectivity index (χ2n) is 11.9. The molecule has 2 aliphatic rings. The maximum atomic E-state index is 6.47. The lowest BCUT2D eigenvalue weighted by atomic mass is 9.44. The molecule has 0 amide bonds. The van der Waals surface area contributed by atoms with Gasteiger partial charge in [-0.15, -0.1) is 0 Å². The van der Waals surface area contributed by atoms with Gasteiger partial charge in [0.2, 0.25) is 0 Å². The first-order valence-corrected chi connectivity index (χ1v) is 14.6. The van der Waals surface area contributed by atoms with Crippen LogP contribution in [-0.2, 0) is 0 Å². The molecule has 10 rings (SSSR count).